The van der Waals surface area contributed by atoms with E-state index in [-0.39, 0.29) is 54.2 Å². The Balaban J connectivity index is 0.00000230. The maximum absolute atomic E-state index is 13.0. The summed E-state index contributed by atoms with van der Waals surface area (Å²) in [6.07, 6.45) is -2.47. The van der Waals surface area contributed by atoms with Crippen molar-refractivity contribution in [3.63, 3.8) is 0 Å². The van der Waals surface area contributed by atoms with Crippen molar-refractivity contribution < 1.29 is 58.8 Å². The first kappa shape index (κ1) is 31.3. The summed E-state index contributed by atoms with van der Waals surface area (Å²) >= 11 is 0. The van der Waals surface area contributed by atoms with Gasteiger partial charge in [-0.15, -0.1) is 13.2 Å². The number of carboxylic acid groups (broad SMARTS) is 1. The summed E-state index contributed by atoms with van der Waals surface area (Å²) in [5, 5.41) is 10.6. The molecule has 3 aromatic carbocycles. The third kappa shape index (κ3) is 6.99. The Hall–Kier alpha value is -4.12. The van der Waals surface area contributed by atoms with E-state index in [0.29, 0.717) is 41.3 Å². The maximum Gasteiger partial charge on any atom is 1.00 e. The van der Waals surface area contributed by atoms with E-state index in [0.717, 1.165) is 29.5 Å². The predicted molar refractivity (Wildman–Crippen MR) is 157 cm³/mol. The number of nitrogens with zero attached hydrogens (tertiary/aromatic N) is 3. The zero-order valence-corrected chi connectivity index (χ0v) is 25.9. The fraction of sp³-hybridized carbons (Fsp3) is 0.182. The predicted octanol–water partition coefficient (Wildman–Crippen LogP) is 4.42. The summed E-state index contributed by atoms with van der Waals surface area (Å²) in [5.41, 5.74) is 10.9. The van der Waals surface area contributed by atoms with Gasteiger partial charge in [-0.25, -0.2) is 14.8 Å². The van der Waals surface area contributed by atoms with Gasteiger partial charge in [0, 0.05) is 23.6 Å². The normalized spacial score (nSPS) is 12.9. The molecule has 2 heterocycles. The van der Waals surface area contributed by atoms with E-state index >= 15 is 0 Å². The first-order valence-electron chi connectivity index (χ1n) is 13.7. The molecule has 7 nitrogen and oxygen atoms in total. The molecule has 0 radical (unpaired) electrons. The second-order valence-electron chi connectivity index (χ2n) is 10.5. The number of aromatic carboxylic acids is 1. The van der Waals surface area contributed by atoms with E-state index < -0.39 is 12.3 Å². The van der Waals surface area contributed by atoms with Crippen LogP contribution in [0, 0.1) is 0 Å². The number of halogens is 3. The van der Waals surface area contributed by atoms with Crippen LogP contribution in [0.4, 0.5) is 19.0 Å². The number of rotatable bonds is 9. The zero-order valence-electron chi connectivity index (χ0n) is 24.9. The van der Waals surface area contributed by atoms with Gasteiger partial charge in [-0.3, -0.25) is 0 Å². The van der Waals surface area contributed by atoms with E-state index in [2.05, 4.69) is 9.72 Å². The fourth-order valence-electron chi connectivity index (χ4n) is 5.35. The fourth-order valence-corrected chi connectivity index (χ4v) is 5.35. The second-order valence-corrected chi connectivity index (χ2v) is 10.5. The number of carbonyl (C=O) groups is 1. The third-order valence-electron chi connectivity index (χ3n) is 7.26. The molecule has 0 bridgehead atoms. The molecule has 0 saturated heterocycles. The minimum Gasteiger partial charge on any atom is -1.00 e. The first-order chi connectivity index (χ1) is 20.7. The van der Waals surface area contributed by atoms with E-state index in [4.69, 9.17) is 10.7 Å². The monoisotopic (exact) mass is 608 g/mol. The largest absolute Gasteiger partial charge is 1.00 e. The molecule has 3 N–H and O–H groups in total. The minimum absolute atomic E-state index is 0. The summed E-state index contributed by atoms with van der Waals surface area (Å²) in [4.78, 5) is 22.5. The maximum atomic E-state index is 13.0. The molecule has 6 rings (SSSR count). The molecule has 5 aromatic rings. The number of nitrogen functional groups attached to an aromatic ring is 1. The van der Waals surface area contributed by atoms with Gasteiger partial charge in [0.05, 0.1) is 5.69 Å². The molecule has 0 amide bonds. The molecular weight excluding hydrogens is 580 g/mol. The molecule has 0 atom stereocenters. The molecule has 220 valence electrons. The van der Waals surface area contributed by atoms with Gasteiger partial charge in [0.15, 0.2) is 5.69 Å². The van der Waals surface area contributed by atoms with E-state index in [1.165, 1.54) is 24.3 Å². The summed E-state index contributed by atoms with van der Waals surface area (Å²) in [5.74, 6) is -0.885. The van der Waals surface area contributed by atoms with E-state index in [1.807, 2.05) is 60.7 Å². The number of hydrogen-bond acceptors (Lipinski definition) is 5. The number of ether oxygens (including phenoxy) is 1. The molecule has 44 heavy (non-hydrogen) atoms. The van der Waals surface area contributed by atoms with Crippen LogP contribution < -0.4 is 40.0 Å². The zero-order chi connectivity index (χ0) is 30.1. The van der Waals surface area contributed by atoms with Gasteiger partial charge < -0.3 is 21.6 Å². The van der Waals surface area contributed by atoms with Crippen molar-refractivity contribution in [3.05, 3.63) is 119 Å². The summed E-state index contributed by atoms with van der Waals surface area (Å²) < 4.78 is 44.0. The molecule has 1 aliphatic rings. The Kier molecular flexibility index (Phi) is 9.15. The molecule has 1 fully saturated rings. The van der Waals surface area contributed by atoms with Gasteiger partial charge in [0.1, 0.15) is 23.1 Å². The van der Waals surface area contributed by atoms with Crippen molar-refractivity contribution in [1.82, 2.24) is 14.5 Å². The molecule has 1 saturated carbocycles. The first-order valence-corrected chi connectivity index (χ1v) is 13.7. The average Bonchev–Trinajstić information content (AvgIpc) is 3.73. The Bertz CT molecular complexity index is 1720. The van der Waals surface area contributed by atoms with Crippen LogP contribution in [0.25, 0.3) is 22.6 Å². The van der Waals surface area contributed by atoms with E-state index in [9.17, 15) is 23.1 Å². The number of benzene rings is 3. The van der Waals surface area contributed by atoms with Crippen LogP contribution >= 0.6 is 0 Å². The molecule has 0 unspecified atom stereocenters. The van der Waals surface area contributed by atoms with Crippen molar-refractivity contribution in [3.8, 4) is 28.4 Å². The number of anilines is 1. The van der Waals surface area contributed by atoms with Crippen molar-refractivity contribution in [2.75, 3.05) is 5.73 Å². The van der Waals surface area contributed by atoms with Gasteiger partial charge in [-0.05, 0) is 66.3 Å². The Morgan fingerprint density at radius 3 is 2.07 bits per heavy atom. The molecular formula is C33H28F3N4NaO3. The van der Waals surface area contributed by atoms with Crippen LogP contribution in [0.5, 0.6) is 5.75 Å². The molecule has 0 spiro atoms. The van der Waals surface area contributed by atoms with Gasteiger partial charge in [-0.1, -0.05) is 60.7 Å². The molecule has 1 aliphatic carbocycles. The molecule has 0 aliphatic heterocycles. The molecule has 2 aromatic heterocycles. The van der Waals surface area contributed by atoms with Crippen LogP contribution in [0.1, 0.15) is 53.2 Å². The number of aromatic nitrogens is 3. The standard InChI is InChI=1S/C33H27F3N4O3.Na.H/c34-33(35,36)43-25-15-11-22(12-16-25)31-39-29(30(32(41)42)40(31)24-13-14-24)28-23(17-20-7-3-1-4-8-20)19-27(37)38-26(28)18-21-9-5-2-6-10-21;;/h1-12,15-16,19,24H,13-14,17-18H2,(H2,37,38)(H,41,42);;/q;+1;-1. The average molecular weight is 609 g/mol. The quantitative estimate of drug-likeness (QED) is 0.240. The third-order valence-corrected chi connectivity index (χ3v) is 7.26. The van der Waals surface area contributed by atoms with Crippen molar-refractivity contribution in [1.29, 1.82) is 0 Å². The number of alkyl halides is 3. The van der Waals surface area contributed by atoms with Crippen LogP contribution in [0.2, 0.25) is 0 Å². The van der Waals surface area contributed by atoms with Gasteiger partial charge in [-0.2, -0.15) is 0 Å². The summed E-state index contributed by atoms with van der Waals surface area (Å²) in [7, 11) is 0. The number of nitrogens with two attached hydrogens (primary N) is 1. The topological polar surface area (TPSA) is 103 Å². The summed E-state index contributed by atoms with van der Waals surface area (Å²) in [6, 6.07) is 26.4. The van der Waals surface area contributed by atoms with Crippen LogP contribution in [0.3, 0.4) is 0 Å². The van der Waals surface area contributed by atoms with Crippen molar-refractivity contribution in [2.45, 2.75) is 38.1 Å². The second kappa shape index (κ2) is 12.9. The van der Waals surface area contributed by atoms with Gasteiger partial charge >= 0.3 is 41.9 Å². The van der Waals surface area contributed by atoms with Crippen LogP contribution in [-0.4, -0.2) is 32.0 Å². The number of carboxylic acids is 1. The van der Waals surface area contributed by atoms with Gasteiger partial charge in [0.25, 0.3) is 0 Å². The Labute approximate surface area is 275 Å². The number of pyridine rings is 1. The number of hydrogen-bond donors (Lipinski definition) is 2. The molecule has 11 heteroatoms. The SMILES string of the molecule is Nc1cc(Cc2ccccc2)c(-c2nc(-c3ccc(OC(F)(F)F)cc3)n(C3CC3)c2C(=O)O)c(Cc2ccccc2)n1.[H-].[Na+]. The van der Waals surface area contributed by atoms with E-state index in [1.54, 1.807) is 10.6 Å². The van der Waals surface area contributed by atoms with Crippen molar-refractivity contribution in [2.24, 2.45) is 0 Å². The smallest absolute Gasteiger partial charge is 1.00 e. The van der Waals surface area contributed by atoms with Crippen LogP contribution in [-0.2, 0) is 12.8 Å². The minimum atomic E-state index is -4.83. The van der Waals surface area contributed by atoms with Crippen LogP contribution in [0.15, 0.2) is 91.0 Å². The summed E-state index contributed by atoms with van der Waals surface area (Å²) in [6.45, 7) is 0. The van der Waals surface area contributed by atoms with Gasteiger partial charge in [0.2, 0.25) is 0 Å². The Morgan fingerprint density at radius 1 is 0.932 bits per heavy atom. The van der Waals surface area contributed by atoms with Crippen molar-refractivity contribution >= 4 is 11.8 Å². The number of imidazole rings is 1. The Morgan fingerprint density at radius 2 is 1.52 bits per heavy atom.